The van der Waals surface area contributed by atoms with E-state index in [1.807, 2.05) is 66.7 Å². The number of nitrogens with zero attached hydrogens (tertiary/aromatic N) is 2. The highest BCUT2D eigenvalue weighted by Crippen LogP contribution is 2.37. The van der Waals surface area contributed by atoms with Gasteiger partial charge in [-0.25, -0.2) is 0 Å². The molecule has 1 aromatic heterocycles. The smallest absolute Gasteiger partial charge is 0.269 e. The molecule has 4 nitrogen and oxygen atoms in total. The summed E-state index contributed by atoms with van der Waals surface area (Å²) in [6.45, 7) is -0.211. The molecule has 0 spiro atoms. The zero-order valence-corrected chi connectivity index (χ0v) is 16.8. The summed E-state index contributed by atoms with van der Waals surface area (Å²) in [5.41, 5.74) is 2.01. The number of fused-ring (bicyclic) bond motifs is 1. The van der Waals surface area contributed by atoms with E-state index < -0.39 is 0 Å². The van der Waals surface area contributed by atoms with E-state index in [0.717, 1.165) is 11.4 Å². The Balaban J connectivity index is 1.65. The number of aromatic nitrogens is 1. The average molecular weight is 423 g/mol. The minimum absolute atomic E-state index is 0.211. The Labute approximate surface area is 178 Å². The Morgan fingerprint density at radius 2 is 1.48 bits per heavy atom. The molecule has 0 N–H and O–H groups in total. The molecule has 1 heterocycles. The molecule has 3 aromatic carbocycles. The number of hydrogen-bond donors (Lipinski definition) is 0. The van der Waals surface area contributed by atoms with Crippen molar-refractivity contribution in [2.24, 2.45) is 0 Å². The van der Waals surface area contributed by atoms with Gasteiger partial charge in [-0.2, -0.15) is 0 Å². The Hall–Kier alpha value is -3.08. The topological polar surface area (TPSA) is 42.4 Å². The molecule has 29 heavy (non-hydrogen) atoms. The van der Waals surface area contributed by atoms with Crippen molar-refractivity contribution >= 4 is 51.4 Å². The summed E-state index contributed by atoms with van der Waals surface area (Å²) in [6, 6.07) is 24.0. The van der Waals surface area contributed by atoms with Gasteiger partial charge in [0.1, 0.15) is 5.52 Å². The van der Waals surface area contributed by atoms with E-state index in [1.165, 1.54) is 0 Å². The Morgan fingerprint density at radius 1 is 0.862 bits per heavy atom. The van der Waals surface area contributed by atoms with Crippen LogP contribution >= 0.6 is 23.2 Å². The van der Waals surface area contributed by atoms with E-state index in [-0.39, 0.29) is 12.5 Å². The van der Waals surface area contributed by atoms with Gasteiger partial charge in [-0.05, 0) is 42.5 Å². The van der Waals surface area contributed by atoms with Gasteiger partial charge in [-0.15, -0.1) is 0 Å². The van der Waals surface area contributed by atoms with Crippen LogP contribution in [-0.4, -0.2) is 17.5 Å². The first-order valence-corrected chi connectivity index (χ1v) is 9.69. The summed E-state index contributed by atoms with van der Waals surface area (Å²) < 4.78 is 5.85. The van der Waals surface area contributed by atoms with Gasteiger partial charge >= 0.3 is 0 Å². The quantitative estimate of drug-likeness (QED) is 0.379. The van der Waals surface area contributed by atoms with Crippen molar-refractivity contribution in [3.8, 4) is 5.75 Å². The molecular weight excluding hydrogens is 407 g/mol. The van der Waals surface area contributed by atoms with Crippen molar-refractivity contribution in [2.75, 3.05) is 11.5 Å². The van der Waals surface area contributed by atoms with E-state index in [0.29, 0.717) is 26.7 Å². The van der Waals surface area contributed by atoms with Gasteiger partial charge in [0.15, 0.2) is 12.4 Å². The highest BCUT2D eigenvalue weighted by Gasteiger charge is 2.20. The molecule has 1 amide bonds. The number of carbonyl (C=O) groups excluding carboxylic acids is 1. The van der Waals surface area contributed by atoms with Gasteiger partial charge in [0.05, 0.1) is 10.0 Å². The number of pyridine rings is 1. The van der Waals surface area contributed by atoms with Crippen molar-refractivity contribution in [1.29, 1.82) is 0 Å². The average Bonchev–Trinajstić information content (AvgIpc) is 2.75. The predicted octanol–water partition coefficient (Wildman–Crippen LogP) is 6.29. The molecule has 0 bridgehead atoms. The lowest BCUT2D eigenvalue weighted by Crippen LogP contribution is -2.31. The third kappa shape index (κ3) is 4.04. The fourth-order valence-electron chi connectivity index (χ4n) is 3.07. The highest BCUT2D eigenvalue weighted by molar-refractivity contribution is 6.39. The third-order valence-corrected chi connectivity index (χ3v) is 4.96. The van der Waals surface area contributed by atoms with Crippen LogP contribution in [0.25, 0.3) is 10.9 Å². The number of benzene rings is 3. The third-order valence-electron chi connectivity index (χ3n) is 4.37. The molecule has 4 aromatic rings. The lowest BCUT2D eigenvalue weighted by Gasteiger charge is -2.23. The molecule has 0 aliphatic heterocycles. The van der Waals surface area contributed by atoms with Gasteiger partial charge in [-0.1, -0.05) is 59.6 Å². The molecule has 0 aliphatic carbocycles. The number of amides is 1. The zero-order valence-electron chi connectivity index (χ0n) is 15.3. The summed E-state index contributed by atoms with van der Waals surface area (Å²) in [6.07, 6.45) is 1.63. The van der Waals surface area contributed by atoms with Crippen LogP contribution in [0.3, 0.4) is 0 Å². The fraction of sp³-hybridized carbons (Fsp3) is 0.0435. The molecule has 0 saturated carbocycles. The second-order valence-corrected chi connectivity index (χ2v) is 7.07. The number of hydrogen-bond acceptors (Lipinski definition) is 3. The van der Waals surface area contributed by atoms with E-state index in [1.54, 1.807) is 23.2 Å². The maximum absolute atomic E-state index is 13.1. The fourth-order valence-corrected chi connectivity index (χ4v) is 3.64. The summed E-state index contributed by atoms with van der Waals surface area (Å²) in [4.78, 5) is 19.1. The Kier molecular flexibility index (Phi) is 5.65. The van der Waals surface area contributed by atoms with E-state index in [9.17, 15) is 4.79 Å². The minimum Gasteiger partial charge on any atom is -0.480 e. The van der Waals surface area contributed by atoms with Crippen molar-refractivity contribution in [1.82, 2.24) is 4.98 Å². The maximum atomic E-state index is 13.1. The van der Waals surface area contributed by atoms with E-state index in [4.69, 9.17) is 27.9 Å². The monoisotopic (exact) mass is 422 g/mol. The number of carbonyl (C=O) groups is 1. The molecule has 0 fully saturated rings. The lowest BCUT2D eigenvalue weighted by molar-refractivity contribution is -0.119. The number of halogens is 2. The van der Waals surface area contributed by atoms with Gasteiger partial charge in [0, 0.05) is 23.0 Å². The largest absolute Gasteiger partial charge is 0.480 e. The molecule has 0 aliphatic rings. The first-order valence-electron chi connectivity index (χ1n) is 8.94. The van der Waals surface area contributed by atoms with Crippen molar-refractivity contribution in [3.63, 3.8) is 0 Å². The first-order chi connectivity index (χ1) is 14.1. The van der Waals surface area contributed by atoms with E-state index in [2.05, 4.69) is 4.98 Å². The number of ether oxygens (including phenoxy) is 1. The van der Waals surface area contributed by atoms with Gasteiger partial charge in [-0.3, -0.25) is 14.7 Å². The predicted molar refractivity (Wildman–Crippen MR) is 117 cm³/mol. The number of para-hydroxylation sites is 2. The standard InChI is InChI=1S/C23H16Cl2N2O2/c24-19-14-20(25)23(22-18(19)12-7-13-26-22)29-15-21(28)27(16-8-3-1-4-9-16)17-10-5-2-6-11-17/h1-14H,15H2. The van der Waals surface area contributed by atoms with E-state index >= 15 is 0 Å². The van der Waals surface area contributed by atoms with Crippen molar-refractivity contribution in [2.45, 2.75) is 0 Å². The summed E-state index contributed by atoms with van der Waals surface area (Å²) in [5.74, 6) is 0.0959. The van der Waals surface area contributed by atoms with Gasteiger partial charge in [0.25, 0.3) is 5.91 Å². The van der Waals surface area contributed by atoms with Crippen LogP contribution in [-0.2, 0) is 4.79 Å². The number of rotatable bonds is 5. The number of anilines is 2. The molecule has 6 heteroatoms. The lowest BCUT2D eigenvalue weighted by atomic mass is 10.2. The van der Waals surface area contributed by atoms with Crippen LogP contribution in [0, 0.1) is 0 Å². The van der Waals surface area contributed by atoms with Gasteiger partial charge < -0.3 is 4.74 Å². The molecule has 0 atom stereocenters. The second kappa shape index (κ2) is 8.52. The maximum Gasteiger partial charge on any atom is 0.269 e. The van der Waals surface area contributed by atoms with Crippen LogP contribution in [0.15, 0.2) is 85.1 Å². The molecule has 144 valence electrons. The molecule has 0 radical (unpaired) electrons. The summed E-state index contributed by atoms with van der Waals surface area (Å²) in [7, 11) is 0. The second-order valence-electron chi connectivity index (χ2n) is 6.26. The first kappa shape index (κ1) is 19.2. The van der Waals surface area contributed by atoms with Crippen LogP contribution in [0.4, 0.5) is 11.4 Å². The van der Waals surface area contributed by atoms with Crippen LogP contribution in [0.1, 0.15) is 0 Å². The molecule has 4 rings (SSSR count). The van der Waals surface area contributed by atoms with Crippen LogP contribution < -0.4 is 9.64 Å². The van der Waals surface area contributed by atoms with Crippen LogP contribution in [0.2, 0.25) is 10.0 Å². The molecular formula is C23H16Cl2N2O2. The van der Waals surface area contributed by atoms with Crippen molar-refractivity contribution < 1.29 is 9.53 Å². The Bertz CT molecular complexity index is 1110. The SMILES string of the molecule is O=C(COc1c(Cl)cc(Cl)c2cccnc12)N(c1ccccc1)c1ccccc1. The minimum atomic E-state index is -0.238. The summed E-state index contributed by atoms with van der Waals surface area (Å²) in [5, 5.41) is 1.50. The zero-order chi connectivity index (χ0) is 20.2. The summed E-state index contributed by atoms with van der Waals surface area (Å²) >= 11 is 12.6. The Morgan fingerprint density at radius 3 is 2.10 bits per heavy atom. The van der Waals surface area contributed by atoms with Crippen LogP contribution in [0.5, 0.6) is 5.75 Å². The van der Waals surface area contributed by atoms with Crippen molar-refractivity contribution in [3.05, 3.63) is 95.1 Å². The molecule has 0 saturated heterocycles. The molecule has 0 unspecified atom stereocenters. The normalized spacial score (nSPS) is 10.7. The highest BCUT2D eigenvalue weighted by atomic mass is 35.5. The van der Waals surface area contributed by atoms with Gasteiger partial charge in [0.2, 0.25) is 0 Å².